The van der Waals surface area contributed by atoms with Gasteiger partial charge in [-0.1, -0.05) is 23.7 Å². The second-order valence-corrected chi connectivity index (χ2v) is 11.7. The van der Waals surface area contributed by atoms with Crippen LogP contribution in [-0.4, -0.2) is 38.3 Å². The summed E-state index contributed by atoms with van der Waals surface area (Å²) < 4.78 is 25.2. The monoisotopic (exact) mass is 516 g/mol. The quantitative estimate of drug-likeness (QED) is 0.451. The fourth-order valence-corrected chi connectivity index (χ4v) is 6.60. The number of carbonyl (C=O) groups excluding carboxylic acids is 3. The van der Waals surface area contributed by atoms with Crippen LogP contribution in [0.1, 0.15) is 28.4 Å². The molecule has 1 N–H and O–H groups in total. The lowest BCUT2D eigenvalue weighted by Crippen LogP contribution is -2.42. The number of nitrogens with one attached hydrogen (secondary N) is 1. The zero-order valence-corrected chi connectivity index (χ0v) is 20.6. The summed E-state index contributed by atoms with van der Waals surface area (Å²) in [6, 6.07) is 14.6. The number of halogens is 1. The zero-order chi connectivity index (χ0) is 24.5. The molecule has 0 saturated heterocycles. The molecular formula is C24H21ClN2O5S2. The van der Waals surface area contributed by atoms with Crippen LogP contribution >= 0.6 is 22.9 Å². The van der Waals surface area contributed by atoms with Crippen molar-refractivity contribution in [3.8, 4) is 0 Å². The summed E-state index contributed by atoms with van der Waals surface area (Å²) in [5.41, 5.74) is 2.99. The van der Waals surface area contributed by atoms with Gasteiger partial charge in [0, 0.05) is 24.2 Å². The van der Waals surface area contributed by atoms with Gasteiger partial charge in [-0.3, -0.25) is 14.4 Å². The molecular weight excluding hydrogens is 496 g/mol. The molecule has 2 heterocycles. The minimum absolute atomic E-state index is 0.0567. The van der Waals surface area contributed by atoms with Gasteiger partial charge in [-0.15, -0.1) is 11.3 Å². The Morgan fingerprint density at radius 1 is 1.09 bits per heavy atom. The molecule has 176 valence electrons. The number of rotatable bonds is 8. The molecule has 1 aromatic heterocycles. The Morgan fingerprint density at radius 2 is 1.82 bits per heavy atom. The van der Waals surface area contributed by atoms with E-state index in [0.29, 0.717) is 26.7 Å². The number of anilines is 2. The summed E-state index contributed by atoms with van der Waals surface area (Å²) >= 11 is 6.71. The van der Waals surface area contributed by atoms with E-state index >= 15 is 0 Å². The highest BCUT2D eigenvalue weighted by atomic mass is 35.5. The first-order valence-electron chi connectivity index (χ1n) is 10.5. The Balaban J connectivity index is 1.46. The maximum Gasteiger partial charge on any atom is 0.265 e. The van der Waals surface area contributed by atoms with Crippen molar-refractivity contribution in [1.29, 1.82) is 0 Å². The van der Waals surface area contributed by atoms with Crippen molar-refractivity contribution in [3.05, 3.63) is 75.6 Å². The van der Waals surface area contributed by atoms with Crippen LogP contribution in [0.5, 0.6) is 0 Å². The first kappa shape index (κ1) is 24.1. The highest BCUT2D eigenvalue weighted by molar-refractivity contribution is 7.94. The molecule has 0 unspecified atom stereocenters. The number of carbonyl (C=O) groups is 3. The first-order valence-corrected chi connectivity index (χ1v) is 13.4. The average molecular weight is 517 g/mol. The van der Waals surface area contributed by atoms with Crippen molar-refractivity contribution in [1.82, 2.24) is 0 Å². The maximum atomic E-state index is 13.0. The molecule has 0 saturated carbocycles. The average Bonchev–Trinajstić information content (AvgIpc) is 3.22. The highest BCUT2D eigenvalue weighted by Crippen LogP contribution is 2.29. The van der Waals surface area contributed by atoms with Gasteiger partial charge in [-0.2, -0.15) is 0 Å². The number of sulfone groups is 1. The van der Waals surface area contributed by atoms with E-state index in [-0.39, 0.29) is 23.0 Å². The molecule has 0 atom stereocenters. The number of nitrogens with zero attached hydrogens (tertiary/aromatic N) is 1. The minimum atomic E-state index is -3.75. The van der Waals surface area contributed by atoms with E-state index < -0.39 is 27.3 Å². The number of ketones is 1. The van der Waals surface area contributed by atoms with Gasteiger partial charge in [0.15, 0.2) is 15.6 Å². The summed E-state index contributed by atoms with van der Waals surface area (Å²) in [5.74, 6) is -1.83. The zero-order valence-electron chi connectivity index (χ0n) is 18.2. The lowest BCUT2D eigenvalue weighted by molar-refractivity contribution is -0.118. The number of amides is 2. The number of hydrogen-bond acceptors (Lipinski definition) is 7. The number of Topliss-reactive ketones (excluding diaryl/α,β-unsaturated/α-hetero) is 1. The van der Waals surface area contributed by atoms with Crippen molar-refractivity contribution < 1.29 is 22.8 Å². The number of hydrogen-bond donors (Lipinski definition) is 1. The topological polar surface area (TPSA) is 101 Å². The van der Waals surface area contributed by atoms with E-state index in [9.17, 15) is 22.8 Å². The molecule has 7 nitrogen and oxygen atoms in total. The second-order valence-electron chi connectivity index (χ2n) is 7.81. The Kier molecular flexibility index (Phi) is 6.88. The summed E-state index contributed by atoms with van der Waals surface area (Å²) in [6.07, 6.45) is 0.0156. The van der Waals surface area contributed by atoms with Crippen LogP contribution in [-0.2, 0) is 32.3 Å². The van der Waals surface area contributed by atoms with Crippen LogP contribution in [0.25, 0.3) is 0 Å². The van der Waals surface area contributed by atoms with Gasteiger partial charge in [-0.25, -0.2) is 13.3 Å². The molecule has 2 amide bonds. The molecule has 1 aliphatic rings. The van der Waals surface area contributed by atoms with Crippen LogP contribution in [0.3, 0.4) is 0 Å². The van der Waals surface area contributed by atoms with Gasteiger partial charge in [0.2, 0.25) is 5.91 Å². The molecule has 0 spiro atoms. The van der Waals surface area contributed by atoms with Crippen LogP contribution in [0, 0.1) is 0 Å². The van der Waals surface area contributed by atoms with Gasteiger partial charge in [0.25, 0.3) is 5.91 Å². The smallest absolute Gasteiger partial charge is 0.265 e. The normalized spacial score (nSPS) is 13.6. The van der Waals surface area contributed by atoms with Crippen molar-refractivity contribution in [2.24, 2.45) is 0 Å². The molecule has 1 aliphatic heterocycles. The Hall–Kier alpha value is -3.01. The fraction of sp³-hybridized carbons (Fsp3) is 0.208. The number of thiophene rings is 1. The van der Waals surface area contributed by atoms with E-state index in [1.807, 2.05) is 13.0 Å². The molecule has 0 aliphatic carbocycles. The third-order valence-corrected chi connectivity index (χ3v) is 8.80. The second kappa shape index (κ2) is 9.69. The van der Waals surface area contributed by atoms with E-state index in [1.165, 1.54) is 12.1 Å². The Bertz CT molecular complexity index is 1380. The van der Waals surface area contributed by atoms with Crippen molar-refractivity contribution in [2.45, 2.75) is 24.0 Å². The number of fused-ring (bicyclic) bond motifs is 1. The molecule has 2 aromatic carbocycles. The van der Waals surface area contributed by atoms with Gasteiger partial charge in [0.1, 0.15) is 9.96 Å². The van der Waals surface area contributed by atoms with E-state index in [0.717, 1.165) is 28.5 Å². The van der Waals surface area contributed by atoms with Crippen molar-refractivity contribution >= 4 is 61.7 Å². The van der Waals surface area contributed by atoms with Crippen molar-refractivity contribution in [2.75, 3.05) is 22.5 Å². The highest BCUT2D eigenvalue weighted by Gasteiger charge is 2.32. The number of imide groups is 1. The standard InChI is InChI=1S/C24H21ClN2O5S2/c1-2-26-17-5-8-20-16(12-17)13-22(29)27(24(20)30)18-6-3-15(4-7-18)11-19(28)14-34(31,32)23-10-9-21(25)33-23/h3-10,12,26H,2,11,13-14H2,1H3. The van der Waals surface area contributed by atoms with Gasteiger partial charge in [-0.05, 0) is 60.5 Å². The molecule has 0 fully saturated rings. The van der Waals surface area contributed by atoms with Gasteiger partial charge < -0.3 is 5.32 Å². The summed E-state index contributed by atoms with van der Waals surface area (Å²) in [5, 5.41) is 3.17. The van der Waals surface area contributed by atoms with Crippen LogP contribution in [0.15, 0.2) is 58.8 Å². The molecule has 4 rings (SSSR count). The lowest BCUT2D eigenvalue weighted by Gasteiger charge is -2.27. The van der Waals surface area contributed by atoms with E-state index in [2.05, 4.69) is 5.32 Å². The van der Waals surface area contributed by atoms with Crippen LogP contribution < -0.4 is 10.2 Å². The minimum Gasteiger partial charge on any atom is -0.385 e. The largest absolute Gasteiger partial charge is 0.385 e. The summed E-state index contributed by atoms with van der Waals surface area (Å²) in [6.45, 7) is 2.70. The third-order valence-electron chi connectivity index (χ3n) is 5.31. The molecule has 10 heteroatoms. The maximum absolute atomic E-state index is 13.0. The summed E-state index contributed by atoms with van der Waals surface area (Å²) in [4.78, 5) is 39.3. The van der Waals surface area contributed by atoms with Crippen LogP contribution in [0.4, 0.5) is 11.4 Å². The molecule has 34 heavy (non-hydrogen) atoms. The van der Waals surface area contributed by atoms with E-state index in [4.69, 9.17) is 11.6 Å². The predicted octanol–water partition coefficient (Wildman–Crippen LogP) is 4.15. The van der Waals surface area contributed by atoms with Gasteiger partial charge >= 0.3 is 0 Å². The SMILES string of the molecule is CCNc1ccc2c(c1)CC(=O)N(c1ccc(CC(=O)CS(=O)(=O)c3ccc(Cl)s3)cc1)C2=O. The van der Waals surface area contributed by atoms with Crippen molar-refractivity contribution in [3.63, 3.8) is 0 Å². The lowest BCUT2D eigenvalue weighted by atomic mass is 9.97. The predicted molar refractivity (Wildman–Crippen MR) is 133 cm³/mol. The molecule has 3 aromatic rings. The van der Waals surface area contributed by atoms with Crippen LogP contribution in [0.2, 0.25) is 4.34 Å². The number of benzene rings is 2. The van der Waals surface area contributed by atoms with E-state index in [1.54, 1.807) is 36.4 Å². The third kappa shape index (κ3) is 5.06. The Labute approximate surface area is 206 Å². The molecule has 0 radical (unpaired) electrons. The summed E-state index contributed by atoms with van der Waals surface area (Å²) in [7, 11) is -3.75. The fourth-order valence-electron chi connectivity index (χ4n) is 3.79. The molecule has 0 bridgehead atoms. The first-order chi connectivity index (χ1) is 16.2. The Morgan fingerprint density at radius 3 is 2.47 bits per heavy atom. The van der Waals surface area contributed by atoms with Gasteiger partial charge in [0.05, 0.1) is 16.4 Å².